The lowest BCUT2D eigenvalue weighted by atomic mass is 10.1. The number of aliphatic carboxylic acids is 1. The van der Waals surface area contributed by atoms with Crippen LogP contribution in [0.1, 0.15) is 15.9 Å². The van der Waals surface area contributed by atoms with Gasteiger partial charge >= 0.3 is 11.9 Å². The molecular weight excluding hydrogens is 184 g/mol. The number of benzene rings is 1. The minimum atomic E-state index is -1.13. The maximum Gasteiger partial charge on any atom is 0.344 e. The Morgan fingerprint density at radius 3 is 2.57 bits per heavy atom. The first-order chi connectivity index (χ1) is 6.68. The van der Waals surface area contributed by atoms with Crippen molar-refractivity contribution >= 4 is 17.7 Å². The molecule has 0 atom stereocenters. The smallest absolute Gasteiger partial charge is 0.344 e. The largest absolute Gasteiger partial charge is 0.478 e. The fourth-order valence-electron chi connectivity index (χ4n) is 1.31. The van der Waals surface area contributed by atoms with Crippen LogP contribution in [0.25, 0.3) is 5.76 Å². The number of carbonyl (C=O) groups is 2. The van der Waals surface area contributed by atoms with Gasteiger partial charge in [-0.05, 0) is 6.07 Å². The van der Waals surface area contributed by atoms with E-state index in [0.29, 0.717) is 11.1 Å². The van der Waals surface area contributed by atoms with Gasteiger partial charge in [-0.3, -0.25) is 0 Å². The number of ether oxygens (including phenoxy) is 1. The van der Waals surface area contributed by atoms with Gasteiger partial charge in [-0.15, -0.1) is 0 Å². The summed E-state index contributed by atoms with van der Waals surface area (Å²) in [5, 5.41) is 8.52. The number of carboxylic acids is 1. The zero-order valence-corrected chi connectivity index (χ0v) is 7.06. The number of rotatable bonds is 1. The third kappa shape index (κ3) is 1.26. The lowest BCUT2D eigenvalue weighted by Crippen LogP contribution is -1.93. The van der Waals surface area contributed by atoms with Crippen LogP contribution in [-0.4, -0.2) is 17.0 Å². The SMILES string of the molecule is O=C(O)/C=C1\OC(=O)c2ccccc21. The summed E-state index contributed by atoms with van der Waals surface area (Å²) in [7, 11) is 0. The van der Waals surface area contributed by atoms with Crippen LogP contribution in [-0.2, 0) is 9.53 Å². The van der Waals surface area contributed by atoms with Gasteiger partial charge in [-0.2, -0.15) is 0 Å². The summed E-state index contributed by atoms with van der Waals surface area (Å²) in [6, 6.07) is 6.66. The first kappa shape index (κ1) is 8.50. The van der Waals surface area contributed by atoms with Gasteiger partial charge in [0, 0.05) is 5.56 Å². The standard InChI is InChI=1S/C10H6O4/c11-9(12)5-8-6-3-1-2-4-7(6)10(13)14-8/h1-5H,(H,11,12)/b8-5-. The number of cyclic esters (lactones) is 1. The third-order valence-corrected chi connectivity index (χ3v) is 1.87. The highest BCUT2D eigenvalue weighted by atomic mass is 16.5. The molecule has 0 fully saturated rings. The summed E-state index contributed by atoms with van der Waals surface area (Å²) in [6.07, 6.45) is 0.879. The van der Waals surface area contributed by atoms with E-state index in [1.54, 1.807) is 24.3 Å². The van der Waals surface area contributed by atoms with Crippen LogP contribution in [0.15, 0.2) is 30.3 Å². The molecule has 0 saturated heterocycles. The van der Waals surface area contributed by atoms with Gasteiger partial charge in [-0.25, -0.2) is 9.59 Å². The van der Waals surface area contributed by atoms with Crippen molar-refractivity contribution in [2.24, 2.45) is 0 Å². The van der Waals surface area contributed by atoms with Gasteiger partial charge in [-0.1, -0.05) is 18.2 Å². The Balaban J connectivity index is 2.54. The van der Waals surface area contributed by atoms with Gasteiger partial charge in [0.1, 0.15) is 5.76 Å². The van der Waals surface area contributed by atoms with E-state index in [0.717, 1.165) is 6.08 Å². The van der Waals surface area contributed by atoms with Crippen LogP contribution in [0.3, 0.4) is 0 Å². The van der Waals surface area contributed by atoms with Crippen molar-refractivity contribution in [2.75, 3.05) is 0 Å². The van der Waals surface area contributed by atoms with Crippen LogP contribution >= 0.6 is 0 Å². The average Bonchev–Trinajstić information content (AvgIpc) is 2.44. The zero-order valence-electron chi connectivity index (χ0n) is 7.06. The molecule has 1 aliphatic heterocycles. The molecule has 0 amide bonds. The van der Waals surface area contributed by atoms with Crippen molar-refractivity contribution < 1.29 is 19.4 Å². The number of fused-ring (bicyclic) bond motifs is 1. The summed E-state index contributed by atoms with van der Waals surface area (Å²) in [4.78, 5) is 21.6. The molecule has 0 spiro atoms. The molecule has 70 valence electrons. The highest BCUT2D eigenvalue weighted by Crippen LogP contribution is 2.28. The first-order valence-corrected chi connectivity index (χ1v) is 3.94. The molecule has 0 saturated carbocycles. The predicted octanol–water partition coefficient (Wildman–Crippen LogP) is 1.28. The second-order valence-corrected chi connectivity index (χ2v) is 2.78. The van der Waals surface area contributed by atoms with Crippen molar-refractivity contribution in [2.45, 2.75) is 0 Å². The van der Waals surface area contributed by atoms with E-state index in [2.05, 4.69) is 0 Å². The van der Waals surface area contributed by atoms with Gasteiger partial charge in [0.25, 0.3) is 0 Å². The van der Waals surface area contributed by atoms with E-state index >= 15 is 0 Å². The normalized spacial score (nSPS) is 16.6. The van der Waals surface area contributed by atoms with E-state index in [4.69, 9.17) is 9.84 Å². The Labute approximate surface area is 79.4 Å². The maximum absolute atomic E-state index is 11.2. The number of carboxylic acid groups (broad SMARTS) is 1. The first-order valence-electron chi connectivity index (χ1n) is 3.94. The van der Waals surface area contributed by atoms with E-state index in [9.17, 15) is 9.59 Å². The maximum atomic E-state index is 11.2. The van der Waals surface area contributed by atoms with Crippen LogP contribution < -0.4 is 0 Å². The molecule has 0 bridgehead atoms. The van der Waals surface area contributed by atoms with Gasteiger partial charge in [0.05, 0.1) is 11.6 Å². The molecule has 1 aromatic carbocycles. The molecule has 4 nitrogen and oxygen atoms in total. The topological polar surface area (TPSA) is 63.6 Å². The summed E-state index contributed by atoms with van der Waals surface area (Å²) < 4.78 is 4.78. The lowest BCUT2D eigenvalue weighted by molar-refractivity contribution is -0.131. The second-order valence-electron chi connectivity index (χ2n) is 2.78. The molecule has 0 radical (unpaired) electrons. The Morgan fingerprint density at radius 2 is 1.93 bits per heavy atom. The molecule has 0 unspecified atom stereocenters. The average molecular weight is 190 g/mol. The Hall–Kier alpha value is -2.10. The molecule has 0 aliphatic carbocycles. The molecule has 14 heavy (non-hydrogen) atoms. The Kier molecular flexibility index (Phi) is 1.81. The molecule has 1 N–H and O–H groups in total. The Morgan fingerprint density at radius 1 is 1.29 bits per heavy atom. The molecule has 1 aromatic rings. The highest BCUT2D eigenvalue weighted by molar-refractivity contribution is 6.05. The van der Waals surface area contributed by atoms with E-state index in [-0.39, 0.29) is 5.76 Å². The van der Waals surface area contributed by atoms with Crippen molar-refractivity contribution in [1.29, 1.82) is 0 Å². The van der Waals surface area contributed by atoms with Crippen LogP contribution in [0.5, 0.6) is 0 Å². The van der Waals surface area contributed by atoms with E-state index in [1.807, 2.05) is 0 Å². The summed E-state index contributed by atoms with van der Waals surface area (Å²) >= 11 is 0. The van der Waals surface area contributed by atoms with Crippen molar-refractivity contribution in [3.05, 3.63) is 41.5 Å². The lowest BCUT2D eigenvalue weighted by Gasteiger charge is -1.94. The fraction of sp³-hybridized carbons (Fsp3) is 0. The molecule has 0 aromatic heterocycles. The summed E-state index contributed by atoms with van der Waals surface area (Å²) in [5.74, 6) is -1.55. The second kappa shape index (κ2) is 2.99. The quantitative estimate of drug-likeness (QED) is 0.535. The van der Waals surface area contributed by atoms with Crippen molar-refractivity contribution in [3.63, 3.8) is 0 Å². The molecule has 1 heterocycles. The van der Waals surface area contributed by atoms with Crippen molar-refractivity contribution in [1.82, 2.24) is 0 Å². The van der Waals surface area contributed by atoms with E-state index in [1.165, 1.54) is 0 Å². The fourth-order valence-corrected chi connectivity index (χ4v) is 1.31. The Bertz CT molecular complexity index is 445. The molecular formula is C10H6O4. The van der Waals surface area contributed by atoms with Crippen LogP contribution in [0.4, 0.5) is 0 Å². The summed E-state index contributed by atoms with van der Waals surface area (Å²) in [5.41, 5.74) is 0.930. The third-order valence-electron chi connectivity index (χ3n) is 1.87. The number of hydrogen-bond acceptors (Lipinski definition) is 3. The number of carbonyl (C=O) groups excluding carboxylic acids is 1. The van der Waals surface area contributed by atoms with Gasteiger partial charge < -0.3 is 9.84 Å². The van der Waals surface area contributed by atoms with E-state index < -0.39 is 11.9 Å². The molecule has 2 rings (SSSR count). The van der Waals surface area contributed by atoms with Gasteiger partial charge in [0.15, 0.2) is 0 Å². The highest BCUT2D eigenvalue weighted by Gasteiger charge is 2.26. The van der Waals surface area contributed by atoms with Crippen LogP contribution in [0, 0.1) is 0 Å². The monoisotopic (exact) mass is 190 g/mol. The summed E-state index contributed by atoms with van der Waals surface area (Å²) in [6.45, 7) is 0. The predicted molar refractivity (Wildman–Crippen MR) is 47.5 cm³/mol. The van der Waals surface area contributed by atoms with Crippen molar-refractivity contribution in [3.8, 4) is 0 Å². The van der Waals surface area contributed by atoms with Gasteiger partial charge in [0.2, 0.25) is 0 Å². The van der Waals surface area contributed by atoms with Crippen LogP contribution in [0.2, 0.25) is 0 Å². The zero-order chi connectivity index (χ0) is 10.1. The molecule has 1 aliphatic rings. The number of hydrogen-bond donors (Lipinski definition) is 1. The minimum absolute atomic E-state index is 0.0955. The molecule has 4 heteroatoms. The number of esters is 1. The minimum Gasteiger partial charge on any atom is -0.478 e.